The molecule has 102 valence electrons. The van der Waals surface area contributed by atoms with E-state index >= 15 is 0 Å². The molecule has 0 aliphatic heterocycles. The quantitative estimate of drug-likeness (QED) is 0.738. The van der Waals surface area contributed by atoms with E-state index in [4.69, 9.17) is 0 Å². The molecule has 3 heteroatoms. The zero-order chi connectivity index (χ0) is 13.9. The average molecular weight is 252 g/mol. The summed E-state index contributed by atoms with van der Waals surface area (Å²) < 4.78 is 0. The van der Waals surface area contributed by atoms with Gasteiger partial charge in [0.05, 0.1) is 6.10 Å². The van der Waals surface area contributed by atoms with Crippen LogP contribution in [0.15, 0.2) is 23.8 Å². The van der Waals surface area contributed by atoms with Gasteiger partial charge in [-0.05, 0) is 31.3 Å². The van der Waals surface area contributed by atoms with E-state index in [1.807, 2.05) is 20.8 Å². The van der Waals surface area contributed by atoms with Crippen molar-refractivity contribution in [3.8, 4) is 0 Å². The fourth-order valence-electron chi connectivity index (χ4n) is 2.37. The van der Waals surface area contributed by atoms with E-state index in [1.165, 1.54) is 0 Å². The maximum Gasteiger partial charge on any atom is 0.165 e. The molecular weight excluding hydrogens is 228 g/mol. The number of ketones is 1. The standard InChI is InChI=1S/C15H24O3/c1-9(2)7-14(17)15(18)11(4)12-6-5-10(3)8-13(12)16/h8-9,12-13,15-16,18H,4-7H2,1-3H3/t12-,13+,15+/m0/s1. The first-order chi connectivity index (χ1) is 8.32. The first kappa shape index (κ1) is 15.1. The molecule has 0 saturated heterocycles. The smallest absolute Gasteiger partial charge is 0.165 e. The Morgan fingerprint density at radius 3 is 2.67 bits per heavy atom. The minimum absolute atomic E-state index is 0.200. The van der Waals surface area contributed by atoms with Crippen LogP contribution in [-0.4, -0.2) is 28.2 Å². The lowest BCUT2D eigenvalue weighted by molar-refractivity contribution is -0.126. The Morgan fingerprint density at radius 1 is 1.56 bits per heavy atom. The summed E-state index contributed by atoms with van der Waals surface area (Å²) in [5, 5.41) is 20.0. The lowest BCUT2D eigenvalue weighted by atomic mass is 9.80. The van der Waals surface area contributed by atoms with Gasteiger partial charge in [0.1, 0.15) is 6.10 Å². The summed E-state index contributed by atoms with van der Waals surface area (Å²) in [6.45, 7) is 9.68. The fourth-order valence-corrected chi connectivity index (χ4v) is 2.37. The van der Waals surface area contributed by atoms with Crippen LogP contribution in [-0.2, 0) is 4.79 Å². The summed E-state index contributed by atoms with van der Waals surface area (Å²) >= 11 is 0. The van der Waals surface area contributed by atoms with Crippen molar-refractivity contribution in [1.29, 1.82) is 0 Å². The van der Waals surface area contributed by atoms with Gasteiger partial charge in [-0.3, -0.25) is 4.79 Å². The van der Waals surface area contributed by atoms with Crippen molar-refractivity contribution in [2.75, 3.05) is 0 Å². The Hall–Kier alpha value is -0.930. The molecule has 0 heterocycles. The molecule has 0 aromatic heterocycles. The molecule has 0 unspecified atom stereocenters. The monoisotopic (exact) mass is 252 g/mol. The van der Waals surface area contributed by atoms with Crippen LogP contribution in [0.5, 0.6) is 0 Å². The Kier molecular flexibility index (Phi) is 5.29. The van der Waals surface area contributed by atoms with Crippen molar-refractivity contribution >= 4 is 5.78 Å². The number of hydrogen-bond donors (Lipinski definition) is 2. The molecule has 0 amide bonds. The van der Waals surface area contributed by atoms with Gasteiger partial charge in [0.25, 0.3) is 0 Å². The van der Waals surface area contributed by atoms with Crippen LogP contribution >= 0.6 is 0 Å². The highest BCUT2D eigenvalue weighted by molar-refractivity contribution is 5.85. The van der Waals surface area contributed by atoms with Crippen LogP contribution in [0.1, 0.15) is 40.0 Å². The molecule has 0 spiro atoms. The molecule has 2 N–H and O–H groups in total. The molecule has 0 radical (unpaired) electrons. The van der Waals surface area contributed by atoms with E-state index in [0.717, 1.165) is 18.4 Å². The Balaban J connectivity index is 2.67. The molecule has 0 aromatic rings. The zero-order valence-electron chi connectivity index (χ0n) is 11.5. The van der Waals surface area contributed by atoms with E-state index in [-0.39, 0.29) is 17.6 Å². The predicted octanol–water partition coefficient (Wildman–Crippen LogP) is 2.24. The molecule has 3 atom stereocenters. The number of hydrogen-bond acceptors (Lipinski definition) is 3. The van der Waals surface area contributed by atoms with Crippen LogP contribution in [0.25, 0.3) is 0 Å². The SMILES string of the molecule is C=C([C@@H](O)C(=O)CC(C)C)[C@@H]1CCC(C)=C[C@H]1O. The topological polar surface area (TPSA) is 57.5 Å². The molecular formula is C15H24O3. The molecule has 1 rings (SSSR count). The van der Waals surface area contributed by atoms with Gasteiger partial charge in [0, 0.05) is 12.3 Å². The van der Waals surface area contributed by atoms with E-state index < -0.39 is 12.2 Å². The fraction of sp³-hybridized carbons (Fsp3) is 0.667. The van der Waals surface area contributed by atoms with Crippen molar-refractivity contribution < 1.29 is 15.0 Å². The molecule has 0 bridgehead atoms. The Morgan fingerprint density at radius 2 is 2.17 bits per heavy atom. The second-order valence-electron chi connectivity index (χ2n) is 5.69. The van der Waals surface area contributed by atoms with Crippen LogP contribution in [0.2, 0.25) is 0 Å². The minimum Gasteiger partial charge on any atom is -0.388 e. The summed E-state index contributed by atoms with van der Waals surface area (Å²) in [7, 11) is 0. The number of aliphatic hydroxyl groups excluding tert-OH is 2. The molecule has 3 nitrogen and oxygen atoms in total. The summed E-state index contributed by atoms with van der Waals surface area (Å²) in [5.41, 5.74) is 1.60. The second kappa shape index (κ2) is 6.30. The molecule has 0 aromatic carbocycles. The van der Waals surface area contributed by atoms with E-state index in [9.17, 15) is 15.0 Å². The maximum atomic E-state index is 11.8. The molecule has 1 aliphatic carbocycles. The van der Waals surface area contributed by atoms with Gasteiger partial charge < -0.3 is 10.2 Å². The van der Waals surface area contributed by atoms with E-state index in [2.05, 4.69) is 6.58 Å². The van der Waals surface area contributed by atoms with Crippen molar-refractivity contribution in [3.63, 3.8) is 0 Å². The van der Waals surface area contributed by atoms with E-state index in [1.54, 1.807) is 6.08 Å². The van der Waals surface area contributed by atoms with Crippen molar-refractivity contribution in [3.05, 3.63) is 23.8 Å². The van der Waals surface area contributed by atoms with Crippen LogP contribution in [0, 0.1) is 11.8 Å². The highest BCUT2D eigenvalue weighted by atomic mass is 16.3. The van der Waals surface area contributed by atoms with Crippen LogP contribution in [0.4, 0.5) is 0 Å². The Labute approximate surface area is 109 Å². The van der Waals surface area contributed by atoms with Gasteiger partial charge in [-0.25, -0.2) is 0 Å². The second-order valence-corrected chi connectivity index (χ2v) is 5.69. The largest absolute Gasteiger partial charge is 0.388 e. The third-order valence-corrected chi connectivity index (χ3v) is 3.46. The molecule has 18 heavy (non-hydrogen) atoms. The van der Waals surface area contributed by atoms with Crippen molar-refractivity contribution in [1.82, 2.24) is 0 Å². The zero-order valence-corrected chi connectivity index (χ0v) is 11.5. The summed E-state index contributed by atoms with van der Waals surface area (Å²) in [5.74, 6) is -0.188. The lowest BCUT2D eigenvalue weighted by Crippen LogP contribution is -2.33. The van der Waals surface area contributed by atoms with Gasteiger partial charge in [-0.2, -0.15) is 0 Å². The minimum atomic E-state index is -1.14. The van der Waals surface area contributed by atoms with E-state index in [0.29, 0.717) is 12.0 Å². The van der Waals surface area contributed by atoms with Gasteiger partial charge in [-0.1, -0.05) is 32.1 Å². The van der Waals surface area contributed by atoms with Crippen LogP contribution in [0.3, 0.4) is 0 Å². The normalized spacial score (nSPS) is 25.8. The van der Waals surface area contributed by atoms with Gasteiger partial charge in [-0.15, -0.1) is 0 Å². The van der Waals surface area contributed by atoms with Gasteiger partial charge >= 0.3 is 0 Å². The third-order valence-electron chi connectivity index (χ3n) is 3.46. The first-order valence-electron chi connectivity index (χ1n) is 6.57. The number of allylic oxidation sites excluding steroid dienone is 1. The van der Waals surface area contributed by atoms with Crippen molar-refractivity contribution in [2.24, 2.45) is 11.8 Å². The maximum absolute atomic E-state index is 11.8. The average Bonchev–Trinajstić information content (AvgIpc) is 2.26. The summed E-state index contributed by atoms with van der Waals surface area (Å²) in [6, 6.07) is 0. The van der Waals surface area contributed by atoms with Gasteiger partial charge in [0.2, 0.25) is 0 Å². The summed E-state index contributed by atoms with van der Waals surface area (Å²) in [4.78, 5) is 11.8. The third kappa shape index (κ3) is 3.79. The lowest BCUT2D eigenvalue weighted by Gasteiger charge is -2.29. The highest BCUT2D eigenvalue weighted by Crippen LogP contribution is 2.30. The first-order valence-corrected chi connectivity index (χ1v) is 6.57. The van der Waals surface area contributed by atoms with Gasteiger partial charge in [0.15, 0.2) is 5.78 Å². The van der Waals surface area contributed by atoms with Crippen molar-refractivity contribution in [2.45, 2.75) is 52.2 Å². The number of carbonyl (C=O) groups excluding carboxylic acids is 1. The molecule has 1 aliphatic rings. The number of Topliss-reactive ketones (excluding diaryl/α,β-unsaturated/α-hetero) is 1. The number of rotatable bonds is 5. The predicted molar refractivity (Wildman–Crippen MR) is 72.1 cm³/mol. The number of carbonyl (C=O) groups is 1. The number of aliphatic hydroxyl groups is 2. The molecule has 0 saturated carbocycles. The Bertz CT molecular complexity index is 355. The highest BCUT2D eigenvalue weighted by Gasteiger charge is 2.30. The van der Waals surface area contributed by atoms with Crippen LogP contribution < -0.4 is 0 Å². The summed E-state index contributed by atoms with van der Waals surface area (Å²) in [6.07, 6.45) is 1.99. The molecule has 0 fully saturated rings.